The SMILES string of the molecule is N#CC(C#N)=C(C#N)Nc1ccc(Oc2ccc(Br)cc2)cc1. The molecule has 110 valence electrons. The molecule has 2 aromatic carbocycles. The first kappa shape index (κ1) is 16.1. The third-order valence-corrected chi connectivity index (χ3v) is 3.29. The number of nitriles is 3. The Morgan fingerprint density at radius 3 is 1.83 bits per heavy atom. The molecular formula is C17H9BrN4O. The van der Waals surface area contributed by atoms with Gasteiger partial charge in [-0.1, -0.05) is 15.9 Å². The largest absolute Gasteiger partial charge is 0.457 e. The Morgan fingerprint density at radius 1 is 0.826 bits per heavy atom. The van der Waals surface area contributed by atoms with Gasteiger partial charge in [0.1, 0.15) is 35.4 Å². The van der Waals surface area contributed by atoms with Crippen LogP contribution in [0, 0.1) is 34.0 Å². The minimum absolute atomic E-state index is 0.0865. The van der Waals surface area contributed by atoms with Gasteiger partial charge in [0.05, 0.1) is 0 Å². The molecule has 5 nitrogen and oxygen atoms in total. The van der Waals surface area contributed by atoms with Gasteiger partial charge in [0, 0.05) is 10.2 Å². The molecule has 0 bridgehead atoms. The zero-order chi connectivity index (χ0) is 16.7. The second-order valence-corrected chi connectivity index (χ2v) is 5.21. The van der Waals surface area contributed by atoms with Gasteiger partial charge in [-0.15, -0.1) is 0 Å². The van der Waals surface area contributed by atoms with Gasteiger partial charge in [-0.2, -0.15) is 15.8 Å². The van der Waals surface area contributed by atoms with E-state index in [1.165, 1.54) is 0 Å². The monoisotopic (exact) mass is 364 g/mol. The van der Waals surface area contributed by atoms with E-state index < -0.39 is 0 Å². The van der Waals surface area contributed by atoms with Crippen LogP contribution in [0.3, 0.4) is 0 Å². The molecule has 0 aliphatic carbocycles. The maximum Gasteiger partial charge on any atom is 0.163 e. The van der Waals surface area contributed by atoms with E-state index >= 15 is 0 Å². The highest BCUT2D eigenvalue weighted by molar-refractivity contribution is 9.10. The summed E-state index contributed by atoms with van der Waals surface area (Å²) in [6.45, 7) is 0. The number of rotatable bonds is 4. The number of hydrogen-bond donors (Lipinski definition) is 1. The van der Waals surface area contributed by atoms with Gasteiger partial charge in [-0.25, -0.2) is 0 Å². The van der Waals surface area contributed by atoms with E-state index in [2.05, 4.69) is 21.2 Å². The van der Waals surface area contributed by atoms with E-state index in [0.717, 1.165) is 4.47 Å². The lowest BCUT2D eigenvalue weighted by Crippen LogP contribution is -2.00. The van der Waals surface area contributed by atoms with E-state index in [4.69, 9.17) is 20.5 Å². The number of nitrogens with zero attached hydrogens (tertiary/aromatic N) is 3. The number of anilines is 1. The third-order valence-electron chi connectivity index (χ3n) is 2.76. The molecule has 0 unspecified atom stereocenters. The molecule has 0 fully saturated rings. The van der Waals surface area contributed by atoms with Gasteiger partial charge in [0.2, 0.25) is 0 Å². The van der Waals surface area contributed by atoms with E-state index in [-0.39, 0.29) is 11.3 Å². The van der Waals surface area contributed by atoms with Crippen LogP contribution in [0.15, 0.2) is 64.3 Å². The predicted molar refractivity (Wildman–Crippen MR) is 88.1 cm³/mol. The van der Waals surface area contributed by atoms with Crippen LogP contribution >= 0.6 is 15.9 Å². The fourth-order valence-corrected chi connectivity index (χ4v) is 1.94. The minimum atomic E-state index is -0.261. The summed E-state index contributed by atoms with van der Waals surface area (Å²) in [5.74, 6) is 1.32. The molecule has 0 heterocycles. The minimum Gasteiger partial charge on any atom is -0.457 e. The van der Waals surface area contributed by atoms with E-state index in [1.54, 1.807) is 42.5 Å². The molecule has 0 radical (unpaired) electrons. The van der Waals surface area contributed by atoms with Crippen molar-refractivity contribution >= 4 is 21.6 Å². The quantitative estimate of drug-likeness (QED) is 0.807. The van der Waals surface area contributed by atoms with Gasteiger partial charge < -0.3 is 10.1 Å². The Kier molecular flexibility index (Phi) is 5.36. The Hall–Kier alpha value is -3.27. The molecule has 0 saturated heterocycles. The molecule has 0 aromatic heterocycles. The number of hydrogen-bond acceptors (Lipinski definition) is 5. The highest BCUT2D eigenvalue weighted by atomic mass is 79.9. The maximum absolute atomic E-state index is 8.99. The highest BCUT2D eigenvalue weighted by Gasteiger charge is 2.06. The summed E-state index contributed by atoms with van der Waals surface area (Å²) in [4.78, 5) is 0. The maximum atomic E-state index is 8.99. The van der Waals surface area contributed by atoms with Crippen LogP contribution in [0.1, 0.15) is 0 Å². The molecule has 2 rings (SSSR count). The first-order valence-electron chi connectivity index (χ1n) is 6.41. The second-order valence-electron chi connectivity index (χ2n) is 4.29. The van der Waals surface area contributed by atoms with Crippen LogP contribution in [0.4, 0.5) is 5.69 Å². The van der Waals surface area contributed by atoms with Crippen molar-refractivity contribution in [2.45, 2.75) is 0 Å². The van der Waals surface area contributed by atoms with Crippen LogP contribution < -0.4 is 10.1 Å². The Morgan fingerprint density at radius 2 is 1.35 bits per heavy atom. The Bertz CT molecular complexity index is 834. The predicted octanol–water partition coefficient (Wildman–Crippen LogP) is 4.48. The van der Waals surface area contributed by atoms with Gasteiger partial charge in [0.15, 0.2) is 5.57 Å². The molecule has 0 aliphatic heterocycles. The summed E-state index contributed by atoms with van der Waals surface area (Å²) >= 11 is 3.35. The fourth-order valence-electron chi connectivity index (χ4n) is 1.67. The normalized spacial score (nSPS) is 8.96. The molecule has 6 heteroatoms. The zero-order valence-corrected chi connectivity index (χ0v) is 13.3. The smallest absolute Gasteiger partial charge is 0.163 e. The first-order chi connectivity index (χ1) is 11.2. The number of nitrogens with one attached hydrogen (secondary N) is 1. The van der Waals surface area contributed by atoms with E-state index in [0.29, 0.717) is 17.2 Å². The Labute approximate surface area is 141 Å². The van der Waals surface area contributed by atoms with Gasteiger partial charge >= 0.3 is 0 Å². The lowest BCUT2D eigenvalue weighted by molar-refractivity contribution is 0.482. The molecule has 23 heavy (non-hydrogen) atoms. The molecular weight excluding hydrogens is 356 g/mol. The first-order valence-corrected chi connectivity index (χ1v) is 7.20. The summed E-state index contributed by atoms with van der Waals surface area (Å²) in [5.41, 5.74) is 0.229. The lowest BCUT2D eigenvalue weighted by Gasteiger charge is -2.08. The number of halogens is 1. The number of allylic oxidation sites excluding steroid dienone is 2. The van der Waals surface area contributed by atoms with Gasteiger partial charge in [-0.05, 0) is 48.5 Å². The summed E-state index contributed by atoms with van der Waals surface area (Å²) in [6.07, 6.45) is 0. The Balaban J connectivity index is 2.13. The summed E-state index contributed by atoms with van der Waals surface area (Å²) < 4.78 is 6.64. The lowest BCUT2D eigenvalue weighted by atomic mass is 10.2. The van der Waals surface area contributed by atoms with Crippen molar-refractivity contribution in [1.82, 2.24) is 0 Å². The van der Waals surface area contributed by atoms with Crippen LogP contribution in [-0.2, 0) is 0 Å². The van der Waals surface area contributed by atoms with Gasteiger partial charge in [-0.3, -0.25) is 0 Å². The fraction of sp³-hybridized carbons (Fsp3) is 0. The van der Waals surface area contributed by atoms with Crippen molar-refractivity contribution in [2.75, 3.05) is 5.32 Å². The standard InChI is InChI=1S/C17H9BrN4O/c18-13-1-5-15(6-2-13)23-16-7-3-14(4-8-16)22-17(11-21)12(9-19)10-20/h1-8,22H. The van der Waals surface area contributed by atoms with Crippen molar-refractivity contribution < 1.29 is 4.74 Å². The molecule has 0 spiro atoms. The zero-order valence-electron chi connectivity index (χ0n) is 11.7. The van der Waals surface area contributed by atoms with Gasteiger partial charge in [0.25, 0.3) is 0 Å². The van der Waals surface area contributed by atoms with Crippen LogP contribution in [0.2, 0.25) is 0 Å². The number of ether oxygens (including phenoxy) is 1. The molecule has 0 saturated carbocycles. The van der Waals surface area contributed by atoms with Crippen molar-refractivity contribution in [3.05, 3.63) is 64.3 Å². The number of benzene rings is 2. The average Bonchev–Trinajstić information content (AvgIpc) is 2.58. The van der Waals surface area contributed by atoms with Crippen LogP contribution in [0.5, 0.6) is 11.5 Å². The molecule has 0 atom stereocenters. The summed E-state index contributed by atoms with van der Waals surface area (Å²) in [7, 11) is 0. The summed E-state index contributed by atoms with van der Waals surface area (Å²) in [6, 6.07) is 19.4. The summed E-state index contributed by atoms with van der Waals surface area (Å²) in [5, 5.41) is 29.3. The topological polar surface area (TPSA) is 92.6 Å². The van der Waals surface area contributed by atoms with Crippen molar-refractivity contribution in [1.29, 1.82) is 15.8 Å². The molecule has 0 amide bonds. The van der Waals surface area contributed by atoms with E-state index in [9.17, 15) is 0 Å². The third kappa shape index (κ3) is 4.35. The van der Waals surface area contributed by atoms with Crippen LogP contribution in [-0.4, -0.2) is 0 Å². The van der Waals surface area contributed by atoms with Crippen molar-refractivity contribution in [2.24, 2.45) is 0 Å². The average molecular weight is 365 g/mol. The molecule has 0 aliphatic rings. The van der Waals surface area contributed by atoms with E-state index in [1.807, 2.05) is 24.3 Å². The molecule has 2 aromatic rings. The second kappa shape index (κ2) is 7.66. The highest BCUT2D eigenvalue weighted by Crippen LogP contribution is 2.25. The van der Waals surface area contributed by atoms with Crippen molar-refractivity contribution in [3.63, 3.8) is 0 Å². The van der Waals surface area contributed by atoms with Crippen LogP contribution in [0.25, 0.3) is 0 Å². The molecule has 1 N–H and O–H groups in total. The van der Waals surface area contributed by atoms with Crippen molar-refractivity contribution in [3.8, 4) is 29.7 Å².